The number of primary amides is 1. The van der Waals surface area contributed by atoms with Gasteiger partial charge in [0.2, 0.25) is 23.6 Å². The number of aromatic hydroxyl groups is 1. The van der Waals surface area contributed by atoms with Gasteiger partial charge in [-0.05, 0) is 42.5 Å². The molecule has 0 radical (unpaired) electrons. The van der Waals surface area contributed by atoms with Crippen molar-refractivity contribution in [2.24, 2.45) is 27.9 Å². The molecule has 210 valence electrons. The van der Waals surface area contributed by atoms with Crippen molar-refractivity contribution in [2.75, 3.05) is 13.1 Å². The molecule has 0 heterocycles. The van der Waals surface area contributed by atoms with Crippen LogP contribution in [-0.2, 0) is 32.0 Å². The van der Waals surface area contributed by atoms with E-state index in [0.29, 0.717) is 6.42 Å². The fraction of sp³-hybridized carbons (Fsp3) is 0.346. The van der Waals surface area contributed by atoms with Crippen LogP contribution in [-0.4, -0.2) is 65.9 Å². The first-order chi connectivity index (χ1) is 18.5. The number of nitrogens with one attached hydrogen (secondary N) is 3. The molecular weight excluding hydrogens is 504 g/mol. The standard InChI is InChI=1S/C26H36N8O5/c27-19(13-17-8-10-18(35)11-9-17)24(38)34-20(7-4-12-31-26(29)30)25(39)32-15-22(36)33-21(23(28)37)14-16-5-2-1-3-6-16/h1-3,5-6,8-11,19-21,35H,4,7,12-15,27H2,(H2,28,37)(H,32,39)(H,33,36)(H,34,38)(H4,29,30,31)/t19-,20-,21-/m0/s1. The molecule has 2 aromatic rings. The van der Waals surface area contributed by atoms with Crippen LogP contribution in [0.15, 0.2) is 59.6 Å². The molecule has 3 atom stereocenters. The number of guanidine groups is 1. The average molecular weight is 541 g/mol. The van der Waals surface area contributed by atoms with Crippen LogP contribution < -0.4 is 38.9 Å². The van der Waals surface area contributed by atoms with Crippen LogP contribution in [0.4, 0.5) is 0 Å². The molecule has 0 saturated carbocycles. The summed E-state index contributed by atoms with van der Waals surface area (Å²) in [5, 5.41) is 17.0. The quantitative estimate of drug-likeness (QED) is 0.0721. The maximum absolute atomic E-state index is 12.9. The van der Waals surface area contributed by atoms with Crippen LogP contribution in [0.5, 0.6) is 5.75 Å². The van der Waals surface area contributed by atoms with Crippen molar-refractivity contribution >= 4 is 29.6 Å². The molecule has 2 aromatic carbocycles. The number of phenolic OH excluding ortho intramolecular Hbond substituents is 1. The number of nitrogens with zero attached hydrogens (tertiary/aromatic N) is 1. The molecular formula is C26H36N8O5. The summed E-state index contributed by atoms with van der Waals surface area (Å²) in [5.41, 5.74) is 23.7. The van der Waals surface area contributed by atoms with Gasteiger partial charge in [-0.25, -0.2) is 0 Å². The normalized spacial score (nSPS) is 12.8. The summed E-state index contributed by atoms with van der Waals surface area (Å²) in [6.45, 7) is -0.223. The monoisotopic (exact) mass is 540 g/mol. The van der Waals surface area contributed by atoms with E-state index in [2.05, 4.69) is 20.9 Å². The van der Waals surface area contributed by atoms with Crippen molar-refractivity contribution in [3.05, 3.63) is 65.7 Å². The maximum Gasteiger partial charge on any atom is 0.243 e. The van der Waals surface area contributed by atoms with E-state index in [9.17, 15) is 24.3 Å². The van der Waals surface area contributed by atoms with Crippen molar-refractivity contribution in [1.82, 2.24) is 16.0 Å². The zero-order chi connectivity index (χ0) is 28.8. The topological polar surface area (TPSA) is 241 Å². The van der Waals surface area contributed by atoms with Crippen LogP contribution in [0.2, 0.25) is 0 Å². The Hall–Kier alpha value is -4.65. The van der Waals surface area contributed by atoms with E-state index in [1.165, 1.54) is 12.1 Å². The number of amides is 4. The van der Waals surface area contributed by atoms with Crippen LogP contribution in [0.1, 0.15) is 24.0 Å². The number of carbonyl (C=O) groups excluding carboxylic acids is 4. The van der Waals surface area contributed by atoms with E-state index in [4.69, 9.17) is 22.9 Å². The smallest absolute Gasteiger partial charge is 0.243 e. The molecule has 0 aliphatic rings. The molecule has 0 fully saturated rings. The molecule has 0 unspecified atom stereocenters. The van der Waals surface area contributed by atoms with E-state index < -0.39 is 48.3 Å². The summed E-state index contributed by atoms with van der Waals surface area (Å²) in [4.78, 5) is 53.8. The maximum atomic E-state index is 12.9. The number of aliphatic imine (C=N–C) groups is 1. The highest BCUT2D eigenvalue weighted by atomic mass is 16.3. The predicted octanol–water partition coefficient (Wildman–Crippen LogP) is -1.87. The second-order valence-electron chi connectivity index (χ2n) is 8.92. The Kier molecular flexibility index (Phi) is 12.2. The summed E-state index contributed by atoms with van der Waals surface area (Å²) < 4.78 is 0. The van der Waals surface area contributed by atoms with Gasteiger partial charge in [0.15, 0.2) is 5.96 Å². The molecule has 0 spiro atoms. The molecule has 12 N–H and O–H groups in total. The van der Waals surface area contributed by atoms with Crippen molar-refractivity contribution in [1.29, 1.82) is 0 Å². The summed E-state index contributed by atoms with van der Waals surface area (Å²) in [5.74, 6) is -2.57. The fourth-order valence-electron chi connectivity index (χ4n) is 3.64. The molecule has 0 aliphatic heterocycles. The second kappa shape index (κ2) is 15.6. The van der Waals surface area contributed by atoms with E-state index in [0.717, 1.165) is 11.1 Å². The van der Waals surface area contributed by atoms with Crippen molar-refractivity contribution in [3.8, 4) is 5.75 Å². The first kappa shape index (κ1) is 30.6. The SMILES string of the molecule is NC(=O)[C@H](Cc1ccccc1)NC(=O)CNC(=O)[C@H](CCCN=C(N)N)NC(=O)[C@@H](N)Cc1ccc(O)cc1. The summed E-state index contributed by atoms with van der Waals surface area (Å²) in [6.07, 6.45) is 0.890. The lowest BCUT2D eigenvalue weighted by Crippen LogP contribution is -2.54. The number of benzene rings is 2. The highest BCUT2D eigenvalue weighted by Gasteiger charge is 2.25. The van der Waals surface area contributed by atoms with Crippen molar-refractivity contribution in [2.45, 2.75) is 43.8 Å². The first-order valence-corrected chi connectivity index (χ1v) is 12.3. The Bertz CT molecular complexity index is 1140. The van der Waals surface area contributed by atoms with Gasteiger partial charge in [-0.3, -0.25) is 24.2 Å². The summed E-state index contributed by atoms with van der Waals surface area (Å²) in [6, 6.07) is 12.3. The number of rotatable bonds is 15. The molecule has 2 rings (SSSR count). The van der Waals surface area contributed by atoms with Gasteiger partial charge >= 0.3 is 0 Å². The van der Waals surface area contributed by atoms with Gasteiger partial charge in [0.25, 0.3) is 0 Å². The van der Waals surface area contributed by atoms with E-state index >= 15 is 0 Å². The Morgan fingerprint density at radius 2 is 1.46 bits per heavy atom. The zero-order valence-electron chi connectivity index (χ0n) is 21.5. The summed E-state index contributed by atoms with van der Waals surface area (Å²) >= 11 is 0. The molecule has 0 aromatic heterocycles. The van der Waals surface area contributed by atoms with E-state index in [1.807, 2.05) is 6.07 Å². The zero-order valence-corrected chi connectivity index (χ0v) is 21.5. The molecule has 0 aliphatic carbocycles. The van der Waals surface area contributed by atoms with Gasteiger partial charge in [0, 0.05) is 13.0 Å². The predicted molar refractivity (Wildman–Crippen MR) is 146 cm³/mol. The third-order valence-electron chi connectivity index (χ3n) is 5.69. The molecule has 39 heavy (non-hydrogen) atoms. The molecule has 4 amide bonds. The highest BCUT2D eigenvalue weighted by Crippen LogP contribution is 2.11. The number of carbonyl (C=O) groups is 4. The Morgan fingerprint density at radius 1 is 0.821 bits per heavy atom. The lowest BCUT2D eigenvalue weighted by Gasteiger charge is -2.21. The van der Waals surface area contributed by atoms with Gasteiger partial charge < -0.3 is 44.0 Å². The van der Waals surface area contributed by atoms with Crippen LogP contribution in [0.3, 0.4) is 0 Å². The summed E-state index contributed by atoms with van der Waals surface area (Å²) in [7, 11) is 0. The molecule has 13 heteroatoms. The number of nitrogens with two attached hydrogens (primary N) is 4. The second-order valence-corrected chi connectivity index (χ2v) is 8.92. The lowest BCUT2D eigenvalue weighted by molar-refractivity contribution is -0.131. The lowest BCUT2D eigenvalue weighted by atomic mass is 10.0. The van der Waals surface area contributed by atoms with Crippen molar-refractivity contribution in [3.63, 3.8) is 0 Å². The van der Waals surface area contributed by atoms with Crippen LogP contribution in [0.25, 0.3) is 0 Å². The fourth-order valence-corrected chi connectivity index (χ4v) is 3.64. The van der Waals surface area contributed by atoms with Gasteiger partial charge in [-0.2, -0.15) is 0 Å². The number of hydrogen-bond acceptors (Lipinski definition) is 7. The Labute approximate surface area is 226 Å². The minimum absolute atomic E-state index is 0.0838. The van der Waals surface area contributed by atoms with Gasteiger partial charge in [-0.1, -0.05) is 42.5 Å². The Morgan fingerprint density at radius 3 is 2.08 bits per heavy atom. The largest absolute Gasteiger partial charge is 0.508 e. The van der Waals surface area contributed by atoms with E-state index in [-0.39, 0.29) is 37.5 Å². The Balaban J connectivity index is 1.97. The molecule has 0 saturated heterocycles. The van der Waals surface area contributed by atoms with Gasteiger partial charge in [0.05, 0.1) is 12.6 Å². The van der Waals surface area contributed by atoms with Crippen LogP contribution >= 0.6 is 0 Å². The average Bonchev–Trinajstić information content (AvgIpc) is 2.90. The molecule has 0 bridgehead atoms. The highest BCUT2D eigenvalue weighted by molar-refractivity contribution is 5.93. The molecule has 13 nitrogen and oxygen atoms in total. The van der Waals surface area contributed by atoms with Crippen LogP contribution in [0, 0.1) is 0 Å². The third-order valence-corrected chi connectivity index (χ3v) is 5.69. The van der Waals surface area contributed by atoms with Crippen molar-refractivity contribution < 1.29 is 24.3 Å². The minimum Gasteiger partial charge on any atom is -0.508 e. The van der Waals surface area contributed by atoms with E-state index in [1.54, 1.807) is 36.4 Å². The van der Waals surface area contributed by atoms with Gasteiger partial charge in [-0.15, -0.1) is 0 Å². The van der Waals surface area contributed by atoms with Gasteiger partial charge in [0.1, 0.15) is 17.8 Å². The third kappa shape index (κ3) is 11.5. The number of phenols is 1. The minimum atomic E-state index is -1.03. The number of hydrogen-bond donors (Lipinski definition) is 8. The first-order valence-electron chi connectivity index (χ1n) is 12.3.